The van der Waals surface area contributed by atoms with E-state index in [1.165, 1.54) is 45.2 Å². The molecule has 0 aromatic heterocycles. The lowest BCUT2D eigenvalue weighted by molar-refractivity contribution is 0.495. The van der Waals surface area contributed by atoms with Crippen molar-refractivity contribution in [1.82, 2.24) is 5.32 Å². The van der Waals surface area contributed by atoms with Crippen molar-refractivity contribution >= 4 is 23.2 Å². The fourth-order valence-electron chi connectivity index (χ4n) is 2.08. The van der Waals surface area contributed by atoms with Crippen molar-refractivity contribution < 1.29 is 0 Å². The van der Waals surface area contributed by atoms with Crippen LogP contribution in [0.5, 0.6) is 0 Å². The third-order valence-corrected chi connectivity index (χ3v) is 3.96. The molecule has 1 nitrogen and oxygen atoms in total. The highest BCUT2D eigenvalue weighted by Gasteiger charge is 2.12. The molecule has 0 radical (unpaired) electrons. The highest BCUT2D eigenvalue weighted by molar-refractivity contribution is 6.41. The van der Waals surface area contributed by atoms with Gasteiger partial charge in [0.15, 0.2) is 0 Å². The maximum Gasteiger partial charge on any atom is 0.0592 e. The molecular formula is C17H29Cl2N. The number of hydrogen-bond donors (Lipinski definition) is 1. The van der Waals surface area contributed by atoms with E-state index in [9.17, 15) is 0 Å². The van der Waals surface area contributed by atoms with Crippen LogP contribution in [0.4, 0.5) is 0 Å². The zero-order chi connectivity index (χ0) is 15.2. The monoisotopic (exact) mass is 317 g/mol. The number of nitrogens with one attached hydrogen (secondary N) is 1. The minimum absolute atomic E-state index is 0.606. The van der Waals surface area contributed by atoms with E-state index in [1.54, 1.807) is 12.1 Å². The number of halogens is 2. The van der Waals surface area contributed by atoms with Crippen LogP contribution in [0, 0.1) is 5.92 Å². The van der Waals surface area contributed by atoms with Crippen molar-refractivity contribution in [1.29, 1.82) is 0 Å². The van der Waals surface area contributed by atoms with E-state index >= 15 is 0 Å². The third kappa shape index (κ3) is 9.63. The Bertz CT molecular complexity index is 302. The topological polar surface area (TPSA) is 12.0 Å². The summed E-state index contributed by atoms with van der Waals surface area (Å²) in [4.78, 5) is 0. The van der Waals surface area contributed by atoms with E-state index in [2.05, 4.69) is 12.2 Å². The molecule has 20 heavy (non-hydrogen) atoms. The highest BCUT2D eigenvalue weighted by atomic mass is 35.5. The van der Waals surface area contributed by atoms with E-state index in [0.29, 0.717) is 10.0 Å². The van der Waals surface area contributed by atoms with E-state index in [4.69, 9.17) is 23.2 Å². The molecule has 2 rings (SSSR count). The molecule has 1 atom stereocenters. The minimum atomic E-state index is 0.606. The zero-order valence-corrected chi connectivity index (χ0v) is 14.6. The van der Waals surface area contributed by atoms with Gasteiger partial charge in [-0.3, -0.25) is 0 Å². The van der Waals surface area contributed by atoms with Crippen LogP contribution in [0.25, 0.3) is 0 Å². The van der Waals surface area contributed by atoms with Crippen molar-refractivity contribution in [3.8, 4) is 0 Å². The summed E-state index contributed by atoms with van der Waals surface area (Å²) in [7, 11) is 0. The van der Waals surface area contributed by atoms with Crippen molar-refractivity contribution in [2.45, 2.75) is 52.9 Å². The lowest BCUT2D eigenvalue weighted by atomic mass is 10.0. The Labute approximate surface area is 135 Å². The average Bonchev–Trinajstić information content (AvgIpc) is 2.99. The molecule has 1 N–H and O–H groups in total. The summed E-state index contributed by atoms with van der Waals surface area (Å²) in [5, 5.41) is 4.61. The van der Waals surface area contributed by atoms with Crippen molar-refractivity contribution in [3.05, 3.63) is 34.3 Å². The molecule has 1 aliphatic rings. The Hall–Kier alpha value is -0.240. The molecule has 1 unspecified atom stereocenters. The maximum atomic E-state index is 5.58. The van der Waals surface area contributed by atoms with Gasteiger partial charge in [0.2, 0.25) is 0 Å². The molecule has 1 fully saturated rings. The SMILES string of the molecule is CC.CCCCCC1CCNC1.Clc1ccccc1Cl. The first-order valence-corrected chi connectivity index (χ1v) is 8.60. The number of benzene rings is 1. The van der Waals surface area contributed by atoms with Crippen LogP contribution >= 0.6 is 23.2 Å². The average molecular weight is 318 g/mol. The molecular weight excluding hydrogens is 289 g/mol. The standard InChI is InChI=1S/C9H19N.C6H4Cl2.C2H6/c1-2-3-4-5-9-6-7-10-8-9;7-5-3-1-2-4-6(5)8;1-2/h9-10H,2-8H2,1H3;1-4H;1-2H3. The van der Waals surface area contributed by atoms with Crippen LogP contribution in [0.3, 0.4) is 0 Å². The van der Waals surface area contributed by atoms with Gasteiger partial charge < -0.3 is 5.32 Å². The lowest BCUT2D eigenvalue weighted by Gasteiger charge is -2.05. The van der Waals surface area contributed by atoms with Gasteiger partial charge in [-0.15, -0.1) is 0 Å². The van der Waals surface area contributed by atoms with E-state index in [0.717, 1.165) is 5.92 Å². The van der Waals surface area contributed by atoms with Gasteiger partial charge in [0.25, 0.3) is 0 Å². The second-order valence-corrected chi connectivity index (χ2v) is 5.58. The van der Waals surface area contributed by atoms with Crippen molar-refractivity contribution in [2.75, 3.05) is 13.1 Å². The van der Waals surface area contributed by atoms with E-state index < -0.39 is 0 Å². The molecule has 0 spiro atoms. The molecule has 1 aliphatic heterocycles. The normalized spacial score (nSPS) is 16.8. The van der Waals surface area contributed by atoms with Gasteiger partial charge in [-0.2, -0.15) is 0 Å². The number of rotatable bonds is 4. The van der Waals surface area contributed by atoms with Gasteiger partial charge in [0.05, 0.1) is 10.0 Å². The van der Waals surface area contributed by atoms with Gasteiger partial charge in [-0.05, 0) is 44.0 Å². The molecule has 0 saturated carbocycles. The molecule has 116 valence electrons. The Morgan fingerprint density at radius 3 is 2.10 bits per heavy atom. The van der Waals surface area contributed by atoms with Crippen molar-refractivity contribution in [2.24, 2.45) is 5.92 Å². The predicted molar refractivity (Wildman–Crippen MR) is 92.9 cm³/mol. The second-order valence-electron chi connectivity index (χ2n) is 4.77. The van der Waals surface area contributed by atoms with Crippen LogP contribution in [-0.2, 0) is 0 Å². The van der Waals surface area contributed by atoms with Gasteiger partial charge in [0, 0.05) is 0 Å². The lowest BCUT2D eigenvalue weighted by Crippen LogP contribution is -2.08. The Morgan fingerprint density at radius 2 is 1.70 bits per heavy atom. The molecule has 1 saturated heterocycles. The molecule has 3 heteroatoms. The molecule has 0 amide bonds. The van der Waals surface area contributed by atoms with Crippen LogP contribution in [-0.4, -0.2) is 13.1 Å². The number of unbranched alkanes of at least 4 members (excludes halogenated alkanes) is 2. The Balaban J connectivity index is 0.000000327. The first-order chi connectivity index (χ1) is 9.74. The molecule has 1 heterocycles. The summed E-state index contributed by atoms with van der Waals surface area (Å²) in [5.41, 5.74) is 0. The van der Waals surface area contributed by atoms with Gasteiger partial charge in [-0.1, -0.05) is 75.4 Å². The fraction of sp³-hybridized carbons (Fsp3) is 0.647. The van der Waals surface area contributed by atoms with Crippen LogP contribution in [0.1, 0.15) is 52.9 Å². The van der Waals surface area contributed by atoms with E-state index in [-0.39, 0.29) is 0 Å². The predicted octanol–water partition coefficient (Wildman–Crippen LogP) is 6.20. The van der Waals surface area contributed by atoms with Crippen molar-refractivity contribution in [3.63, 3.8) is 0 Å². The second kappa shape index (κ2) is 13.7. The third-order valence-electron chi connectivity index (χ3n) is 3.20. The summed E-state index contributed by atoms with van der Waals surface area (Å²) in [6.07, 6.45) is 7.12. The van der Waals surface area contributed by atoms with Crippen LogP contribution in [0.2, 0.25) is 10.0 Å². The largest absolute Gasteiger partial charge is 0.316 e. The summed E-state index contributed by atoms with van der Waals surface area (Å²) in [6.45, 7) is 8.81. The quantitative estimate of drug-likeness (QED) is 0.652. The van der Waals surface area contributed by atoms with Gasteiger partial charge in [-0.25, -0.2) is 0 Å². The summed E-state index contributed by atoms with van der Waals surface area (Å²) >= 11 is 11.2. The zero-order valence-electron chi connectivity index (χ0n) is 13.1. The molecule has 0 bridgehead atoms. The molecule has 1 aromatic rings. The molecule has 0 aliphatic carbocycles. The van der Waals surface area contributed by atoms with E-state index in [1.807, 2.05) is 26.0 Å². The first-order valence-electron chi connectivity index (χ1n) is 7.84. The fourth-order valence-corrected chi connectivity index (χ4v) is 2.35. The number of hydrogen-bond acceptors (Lipinski definition) is 1. The first kappa shape index (κ1) is 19.8. The van der Waals surface area contributed by atoms with Gasteiger partial charge >= 0.3 is 0 Å². The summed E-state index contributed by atoms with van der Waals surface area (Å²) in [5.74, 6) is 1.01. The maximum absolute atomic E-state index is 5.58. The summed E-state index contributed by atoms with van der Waals surface area (Å²) < 4.78 is 0. The highest BCUT2D eigenvalue weighted by Crippen LogP contribution is 2.19. The minimum Gasteiger partial charge on any atom is -0.316 e. The Kier molecular flexibility index (Phi) is 13.6. The van der Waals surface area contributed by atoms with Gasteiger partial charge in [0.1, 0.15) is 0 Å². The van der Waals surface area contributed by atoms with Crippen LogP contribution in [0.15, 0.2) is 24.3 Å². The smallest absolute Gasteiger partial charge is 0.0592 e. The summed E-state index contributed by atoms with van der Waals surface area (Å²) in [6, 6.07) is 7.19. The van der Waals surface area contributed by atoms with Crippen LogP contribution < -0.4 is 5.32 Å². The Morgan fingerprint density at radius 1 is 1.10 bits per heavy atom. The molecule has 1 aromatic carbocycles.